The lowest BCUT2D eigenvalue weighted by molar-refractivity contribution is 0.211. The molecule has 0 fully saturated rings. The Balaban J connectivity index is 1.99. The summed E-state index contributed by atoms with van der Waals surface area (Å²) in [6, 6.07) is 7.67. The van der Waals surface area contributed by atoms with E-state index in [4.69, 9.17) is 11.6 Å². The molecule has 2 N–H and O–H groups in total. The molecule has 0 spiro atoms. The van der Waals surface area contributed by atoms with Crippen LogP contribution in [0, 0.1) is 0 Å². The number of nitrogens with zero attached hydrogens (tertiary/aromatic N) is 3. The van der Waals surface area contributed by atoms with Crippen LogP contribution in [0.25, 0.3) is 5.69 Å². The molecule has 2 rings (SSSR count). The van der Waals surface area contributed by atoms with Gasteiger partial charge in [0.25, 0.3) is 0 Å². The summed E-state index contributed by atoms with van der Waals surface area (Å²) >= 11 is 5.50. The molecule has 1 heterocycles. The Labute approximate surface area is 104 Å². The van der Waals surface area contributed by atoms with E-state index in [1.807, 2.05) is 24.3 Å². The number of nitrogens with one attached hydrogen (secondary N) is 1. The van der Waals surface area contributed by atoms with Crippen LogP contribution < -0.4 is 5.32 Å². The van der Waals surface area contributed by atoms with Crippen LogP contribution in [-0.4, -0.2) is 38.4 Å². The molecule has 0 saturated heterocycles. The minimum atomic E-state index is -0.536. The van der Waals surface area contributed by atoms with Crippen molar-refractivity contribution in [2.45, 2.75) is 6.10 Å². The first-order chi connectivity index (χ1) is 8.29. The number of alkyl halides is 1. The fourth-order valence-electron chi connectivity index (χ4n) is 1.36. The molecule has 0 aliphatic heterocycles. The van der Waals surface area contributed by atoms with Crippen LogP contribution in [0.15, 0.2) is 36.9 Å². The van der Waals surface area contributed by atoms with Gasteiger partial charge in [0.15, 0.2) is 0 Å². The maximum atomic E-state index is 9.31. The summed E-state index contributed by atoms with van der Waals surface area (Å²) in [4.78, 5) is 3.88. The Hall–Kier alpha value is -1.59. The fraction of sp³-hybridized carbons (Fsp3) is 0.273. The van der Waals surface area contributed by atoms with Crippen LogP contribution in [-0.2, 0) is 0 Å². The normalized spacial score (nSPS) is 12.4. The molecule has 1 aromatic carbocycles. The van der Waals surface area contributed by atoms with E-state index in [1.54, 1.807) is 11.0 Å². The molecule has 90 valence electrons. The number of aromatic nitrogens is 3. The molecule has 1 atom stereocenters. The Morgan fingerprint density at radius 2 is 2.12 bits per heavy atom. The highest BCUT2D eigenvalue weighted by atomic mass is 35.5. The van der Waals surface area contributed by atoms with Crippen LogP contribution in [0.2, 0.25) is 0 Å². The lowest BCUT2D eigenvalue weighted by Crippen LogP contribution is -2.20. The van der Waals surface area contributed by atoms with Crippen molar-refractivity contribution in [3.8, 4) is 5.69 Å². The zero-order valence-electron chi connectivity index (χ0n) is 9.12. The number of aliphatic hydroxyl groups is 1. The summed E-state index contributed by atoms with van der Waals surface area (Å²) < 4.78 is 1.68. The topological polar surface area (TPSA) is 63.0 Å². The summed E-state index contributed by atoms with van der Waals surface area (Å²) in [5, 5.41) is 16.4. The van der Waals surface area contributed by atoms with Gasteiger partial charge in [0.1, 0.15) is 12.7 Å². The van der Waals surface area contributed by atoms with Crippen LogP contribution in [0.4, 0.5) is 5.69 Å². The zero-order chi connectivity index (χ0) is 12.1. The van der Waals surface area contributed by atoms with Crippen LogP contribution in [0.5, 0.6) is 0 Å². The number of benzene rings is 1. The number of anilines is 1. The third-order valence-electron chi connectivity index (χ3n) is 2.27. The first-order valence-corrected chi connectivity index (χ1v) is 5.76. The van der Waals surface area contributed by atoms with Crippen molar-refractivity contribution in [3.05, 3.63) is 36.9 Å². The van der Waals surface area contributed by atoms with Gasteiger partial charge in [0.2, 0.25) is 0 Å². The number of halogens is 1. The van der Waals surface area contributed by atoms with E-state index < -0.39 is 6.10 Å². The van der Waals surface area contributed by atoms with Gasteiger partial charge in [-0.3, -0.25) is 0 Å². The molecule has 0 bridgehead atoms. The van der Waals surface area contributed by atoms with Crippen molar-refractivity contribution in [2.24, 2.45) is 0 Å². The minimum Gasteiger partial charge on any atom is -0.390 e. The van der Waals surface area contributed by atoms with E-state index in [0.29, 0.717) is 6.54 Å². The molecule has 0 aliphatic rings. The first kappa shape index (κ1) is 11.9. The van der Waals surface area contributed by atoms with Gasteiger partial charge in [0.05, 0.1) is 17.7 Å². The second-order valence-corrected chi connectivity index (χ2v) is 3.88. The van der Waals surface area contributed by atoms with Crippen molar-refractivity contribution in [1.82, 2.24) is 14.8 Å². The predicted octanol–water partition coefficient (Wildman–Crippen LogP) is 1.28. The summed E-state index contributed by atoms with van der Waals surface area (Å²) in [6.07, 6.45) is 2.59. The van der Waals surface area contributed by atoms with Gasteiger partial charge in [-0.15, -0.1) is 11.6 Å². The lowest BCUT2D eigenvalue weighted by atomic mass is 10.2. The van der Waals surface area contributed by atoms with Crippen molar-refractivity contribution in [2.75, 3.05) is 17.7 Å². The third-order valence-corrected chi connectivity index (χ3v) is 2.63. The highest BCUT2D eigenvalue weighted by Crippen LogP contribution is 2.12. The third kappa shape index (κ3) is 3.18. The number of aliphatic hydroxyl groups excluding tert-OH is 1. The van der Waals surface area contributed by atoms with Crippen molar-refractivity contribution in [1.29, 1.82) is 0 Å². The van der Waals surface area contributed by atoms with Gasteiger partial charge >= 0.3 is 0 Å². The summed E-state index contributed by atoms with van der Waals surface area (Å²) in [5.74, 6) is 0.226. The van der Waals surface area contributed by atoms with Crippen molar-refractivity contribution in [3.63, 3.8) is 0 Å². The Morgan fingerprint density at radius 1 is 1.35 bits per heavy atom. The molecule has 2 aromatic rings. The van der Waals surface area contributed by atoms with Gasteiger partial charge in [-0.1, -0.05) is 0 Å². The van der Waals surface area contributed by atoms with Crippen LogP contribution in [0.3, 0.4) is 0 Å². The maximum absolute atomic E-state index is 9.31. The molecule has 0 saturated carbocycles. The van der Waals surface area contributed by atoms with Gasteiger partial charge < -0.3 is 10.4 Å². The number of hydrogen-bond donors (Lipinski definition) is 2. The van der Waals surface area contributed by atoms with Crippen LogP contribution in [0.1, 0.15) is 0 Å². The van der Waals surface area contributed by atoms with Crippen molar-refractivity contribution >= 4 is 17.3 Å². The zero-order valence-corrected chi connectivity index (χ0v) is 9.88. The molecular weight excluding hydrogens is 240 g/mol. The Morgan fingerprint density at radius 3 is 2.71 bits per heavy atom. The van der Waals surface area contributed by atoms with Gasteiger partial charge in [-0.25, -0.2) is 9.67 Å². The highest BCUT2D eigenvalue weighted by molar-refractivity contribution is 6.18. The summed E-state index contributed by atoms with van der Waals surface area (Å²) in [6.45, 7) is 0.437. The van der Waals surface area contributed by atoms with Crippen molar-refractivity contribution < 1.29 is 5.11 Å². The number of rotatable bonds is 5. The molecule has 0 aliphatic carbocycles. The smallest absolute Gasteiger partial charge is 0.138 e. The fourth-order valence-corrected chi connectivity index (χ4v) is 1.47. The molecular formula is C11H13ClN4O. The molecule has 17 heavy (non-hydrogen) atoms. The maximum Gasteiger partial charge on any atom is 0.138 e. The standard InChI is InChI=1S/C11H13ClN4O/c12-5-11(17)6-14-9-1-3-10(4-2-9)16-8-13-7-15-16/h1-4,7-8,11,14,17H,5-6H2. The largest absolute Gasteiger partial charge is 0.390 e. The van der Waals surface area contributed by atoms with E-state index in [-0.39, 0.29) is 5.88 Å². The highest BCUT2D eigenvalue weighted by Gasteiger charge is 2.01. The second-order valence-electron chi connectivity index (χ2n) is 3.58. The van der Waals surface area contributed by atoms with E-state index in [2.05, 4.69) is 15.4 Å². The average molecular weight is 253 g/mol. The average Bonchev–Trinajstić information content (AvgIpc) is 2.90. The van der Waals surface area contributed by atoms with E-state index in [9.17, 15) is 5.11 Å². The van der Waals surface area contributed by atoms with Crippen LogP contribution >= 0.6 is 11.6 Å². The Bertz CT molecular complexity index is 443. The molecule has 6 heteroatoms. The van der Waals surface area contributed by atoms with E-state index in [0.717, 1.165) is 11.4 Å². The molecule has 0 radical (unpaired) electrons. The second kappa shape index (κ2) is 5.65. The summed E-state index contributed by atoms with van der Waals surface area (Å²) in [7, 11) is 0. The SMILES string of the molecule is OC(CCl)CNc1ccc(-n2cncn2)cc1. The first-order valence-electron chi connectivity index (χ1n) is 5.22. The molecule has 0 amide bonds. The number of hydrogen-bond acceptors (Lipinski definition) is 4. The van der Waals surface area contributed by atoms with Gasteiger partial charge in [0, 0.05) is 12.2 Å². The minimum absolute atomic E-state index is 0.226. The lowest BCUT2D eigenvalue weighted by Gasteiger charge is -2.10. The predicted molar refractivity (Wildman–Crippen MR) is 66.6 cm³/mol. The van der Waals surface area contributed by atoms with E-state index in [1.165, 1.54) is 6.33 Å². The van der Waals surface area contributed by atoms with Gasteiger partial charge in [-0.05, 0) is 24.3 Å². The molecule has 1 aromatic heterocycles. The van der Waals surface area contributed by atoms with E-state index >= 15 is 0 Å². The molecule has 5 nitrogen and oxygen atoms in total. The monoisotopic (exact) mass is 252 g/mol. The van der Waals surface area contributed by atoms with Gasteiger partial charge in [-0.2, -0.15) is 5.10 Å². The molecule has 1 unspecified atom stereocenters. The Kier molecular flexibility index (Phi) is 3.95. The summed E-state index contributed by atoms with van der Waals surface area (Å²) in [5.41, 5.74) is 1.86. The quantitative estimate of drug-likeness (QED) is 0.787.